The minimum absolute atomic E-state index is 0.0324. The van der Waals surface area contributed by atoms with Crippen molar-refractivity contribution in [1.29, 1.82) is 0 Å². The largest absolute Gasteiger partial charge is 0.481 e. The summed E-state index contributed by atoms with van der Waals surface area (Å²) in [6.07, 6.45) is 1.80. The molecule has 1 saturated carbocycles. The molecule has 0 spiro atoms. The summed E-state index contributed by atoms with van der Waals surface area (Å²) in [4.78, 5) is 36.5. The molecule has 0 aliphatic heterocycles. The number of aliphatic carboxylic acids is 1. The number of ether oxygens (including phenoxy) is 1. The summed E-state index contributed by atoms with van der Waals surface area (Å²) in [5.41, 5.74) is 3.88. The molecule has 2 aliphatic rings. The second-order valence-corrected chi connectivity index (χ2v) is 9.59. The van der Waals surface area contributed by atoms with E-state index in [1.807, 2.05) is 38.1 Å². The van der Waals surface area contributed by atoms with Crippen molar-refractivity contribution in [3.8, 4) is 11.1 Å². The normalized spacial score (nSPS) is 17.1. The van der Waals surface area contributed by atoms with Crippen LogP contribution in [0.4, 0.5) is 4.79 Å². The van der Waals surface area contributed by atoms with Crippen LogP contribution >= 0.6 is 0 Å². The maximum absolute atomic E-state index is 12.8. The summed E-state index contributed by atoms with van der Waals surface area (Å²) in [6, 6.07) is 15.9. The summed E-state index contributed by atoms with van der Waals surface area (Å²) >= 11 is 0. The molecule has 180 valence electrons. The summed E-state index contributed by atoms with van der Waals surface area (Å²) in [5, 5.41) is 14.8. The van der Waals surface area contributed by atoms with Gasteiger partial charge in [-0.2, -0.15) is 0 Å². The van der Waals surface area contributed by atoms with Crippen molar-refractivity contribution in [2.45, 2.75) is 63.5 Å². The van der Waals surface area contributed by atoms with Crippen molar-refractivity contribution in [1.82, 2.24) is 10.6 Å². The van der Waals surface area contributed by atoms with Crippen molar-refractivity contribution in [2.75, 3.05) is 6.61 Å². The molecular weight excluding hydrogens is 432 g/mol. The van der Waals surface area contributed by atoms with Gasteiger partial charge in [-0.25, -0.2) is 4.79 Å². The lowest BCUT2D eigenvalue weighted by Gasteiger charge is -2.31. The van der Waals surface area contributed by atoms with Crippen LogP contribution in [0.2, 0.25) is 0 Å². The molecule has 0 bridgehead atoms. The molecule has 2 amide bonds. The van der Waals surface area contributed by atoms with E-state index in [9.17, 15) is 14.4 Å². The lowest BCUT2D eigenvalue weighted by molar-refractivity contribution is -0.137. The monoisotopic (exact) mass is 464 g/mol. The van der Waals surface area contributed by atoms with Crippen LogP contribution in [0.5, 0.6) is 0 Å². The molecule has 4 rings (SSSR count). The molecular formula is C27H32N2O5. The molecule has 0 aromatic heterocycles. The predicted molar refractivity (Wildman–Crippen MR) is 128 cm³/mol. The number of benzene rings is 2. The standard InChI is InChI=1S/C27H32N2O5/c1-3-18(14-25(31)32)28-24(30)15-27(2,17-12-13-17)29-26(33)34-16-23-21-10-6-4-8-19(21)20-9-5-7-11-22(20)23/h4-11,17-18,23H,3,12-16H2,1-2H3,(H,28,30)(H,29,33)(H,31,32). The summed E-state index contributed by atoms with van der Waals surface area (Å²) < 4.78 is 5.69. The highest BCUT2D eigenvalue weighted by atomic mass is 16.5. The van der Waals surface area contributed by atoms with Crippen molar-refractivity contribution >= 4 is 18.0 Å². The molecule has 0 heterocycles. The Morgan fingerprint density at radius 3 is 2.18 bits per heavy atom. The maximum Gasteiger partial charge on any atom is 0.407 e. The van der Waals surface area contributed by atoms with E-state index in [1.54, 1.807) is 0 Å². The second kappa shape index (κ2) is 9.87. The van der Waals surface area contributed by atoms with Crippen molar-refractivity contribution in [2.24, 2.45) is 5.92 Å². The second-order valence-electron chi connectivity index (χ2n) is 9.59. The summed E-state index contributed by atoms with van der Waals surface area (Å²) in [6.45, 7) is 3.91. The number of nitrogens with one attached hydrogen (secondary N) is 2. The Morgan fingerprint density at radius 1 is 1.06 bits per heavy atom. The van der Waals surface area contributed by atoms with Gasteiger partial charge in [-0.15, -0.1) is 0 Å². The molecule has 1 fully saturated rings. The van der Waals surface area contributed by atoms with Crippen LogP contribution in [-0.2, 0) is 14.3 Å². The molecule has 2 unspecified atom stereocenters. The number of alkyl carbamates (subject to hydrolysis) is 1. The van der Waals surface area contributed by atoms with Gasteiger partial charge in [0.1, 0.15) is 6.61 Å². The molecule has 2 atom stereocenters. The third-order valence-electron chi connectivity index (χ3n) is 7.02. The van der Waals surface area contributed by atoms with E-state index in [1.165, 1.54) is 11.1 Å². The topological polar surface area (TPSA) is 105 Å². The Labute approximate surface area is 199 Å². The first-order valence-corrected chi connectivity index (χ1v) is 11.9. The number of rotatable bonds is 10. The molecule has 2 aliphatic carbocycles. The van der Waals surface area contributed by atoms with Crippen LogP contribution < -0.4 is 10.6 Å². The minimum Gasteiger partial charge on any atom is -0.481 e. The average molecular weight is 465 g/mol. The van der Waals surface area contributed by atoms with Gasteiger partial charge in [-0.1, -0.05) is 55.5 Å². The van der Waals surface area contributed by atoms with Crippen LogP contribution in [-0.4, -0.2) is 41.3 Å². The van der Waals surface area contributed by atoms with E-state index >= 15 is 0 Å². The Hall–Kier alpha value is -3.35. The smallest absolute Gasteiger partial charge is 0.407 e. The number of carbonyl (C=O) groups is 3. The highest BCUT2D eigenvalue weighted by Gasteiger charge is 2.44. The van der Waals surface area contributed by atoms with Gasteiger partial charge in [0.2, 0.25) is 5.91 Å². The SMILES string of the molecule is CCC(CC(=O)O)NC(=O)CC(C)(NC(=O)OCC1c2ccccc2-c2ccccc21)C1CC1. The van der Waals surface area contributed by atoms with Crippen molar-refractivity contribution in [3.05, 3.63) is 59.7 Å². The van der Waals surface area contributed by atoms with E-state index in [0.29, 0.717) is 6.42 Å². The molecule has 2 aromatic rings. The highest BCUT2D eigenvalue weighted by Crippen LogP contribution is 2.45. The van der Waals surface area contributed by atoms with E-state index < -0.39 is 23.6 Å². The number of carboxylic acid groups (broad SMARTS) is 1. The van der Waals surface area contributed by atoms with Gasteiger partial charge in [0, 0.05) is 18.4 Å². The molecule has 34 heavy (non-hydrogen) atoms. The lowest BCUT2D eigenvalue weighted by atomic mass is 9.91. The quantitative estimate of drug-likeness (QED) is 0.482. The molecule has 0 saturated heterocycles. The van der Waals surface area contributed by atoms with Gasteiger partial charge in [-0.3, -0.25) is 9.59 Å². The number of hydrogen-bond acceptors (Lipinski definition) is 4. The van der Waals surface area contributed by atoms with Crippen LogP contribution in [0, 0.1) is 5.92 Å². The first-order valence-electron chi connectivity index (χ1n) is 11.9. The number of hydrogen-bond donors (Lipinski definition) is 3. The molecule has 2 aromatic carbocycles. The molecule has 7 heteroatoms. The fourth-order valence-electron chi connectivity index (χ4n) is 5.00. The van der Waals surface area contributed by atoms with Crippen LogP contribution in [0.3, 0.4) is 0 Å². The Balaban J connectivity index is 1.38. The van der Waals surface area contributed by atoms with E-state index in [4.69, 9.17) is 9.84 Å². The zero-order chi connectivity index (χ0) is 24.3. The van der Waals surface area contributed by atoms with E-state index in [2.05, 4.69) is 34.9 Å². The number of fused-ring (bicyclic) bond motifs is 3. The van der Waals surface area contributed by atoms with Gasteiger partial charge >= 0.3 is 12.1 Å². The first-order chi connectivity index (χ1) is 16.3. The first kappa shape index (κ1) is 23.8. The molecule has 7 nitrogen and oxygen atoms in total. The van der Waals surface area contributed by atoms with E-state index in [0.717, 1.165) is 24.0 Å². The van der Waals surface area contributed by atoms with Crippen LogP contribution in [0.15, 0.2) is 48.5 Å². The van der Waals surface area contributed by atoms with Crippen molar-refractivity contribution < 1.29 is 24.2 Å². The molecule has 0 radical (unpaired) electrons. The Morgan fingerprint density at radius 2 is 1.65 bits per heavy atom. The number of amides is 2. The maximum atomic E-state index is 12.8. The van der Waals surface area contributed by atoms with Gasteiger partial charge < -0.3 is 20.5 Å². The highest BCUT2D eigenvalue weighted by molar-refractivity contribution is 5.81. The summed E-state index contributed by atoms with van der Waals surface area (Å²) in [5.74, 6) is -1.05. The summed E-state index contributed by atoms with van der Waals surface area (Å²) in [7, 11) is 0. The molecule has 3 N–H and O–H groups in total. The fourth-order valence-corrected chi connectivity index (χ4v) is 5.00. The van der Waals surface area contributed by atoms with Crippen molar-refractivity contribution in [3.63, 3.8) is 0 Å². The van der Waals surface area contributed by atoms with Crippen LogP contribution in [0.25, 0.3) is 11.1 Å². The minimum atomic E-state index is -0.950. The van der Waals surface area contributed by atoms with Gasteiger partial charge in [-0.05, 0) is 54.4 Å². The Kier molecular flexibility index (Phi) is 6.91. The number of carboxylic acids is 1. The van der Waals surface area contributed by atoms with Gasteiger partial charge in [0.05, 0.1) is 12.0 Å². The number of carbonyl (C=O) groups excluding carboxylic acids is 2. The lowest BCUT2D eigenvalue weighted by Crippen LogP contribution is -2.52. The van der Waals surface area contributed by atoms with Crippen LogP contribution in [0.1, 0.15) is 63.0 Å². The van der Waals surface area contributed by atoms with Gasteiger partial charge in [0.25, 0.3) is 0 Å². The predicted octanol–water partition coefficient (Wildman–Crippen LogP) is 4.45. The third-order valence-corrected chi connectivity index (χ3v) is 7.02. The zero-order valence-electron chi connectivity index (χ0n) is 19.7. The van der Waals surface area contributed by atoms with Gasteiger partial charge in [0.15, 0.2) is 0 Å². The fraction of sp³-hybridized carbons (Fsp3) is 0.444. The van der Waals surface area contributed by atoms with E-state index in [-0.39, 0.29) is 37.2 Å². The third kappa shape index (κ3) is 5.24. The Bertz CT molecular complexity index is 1030. The average Bonchev–Trinajstić information content (AvgIpc) is 3.61. The zero-order valence-corrected chi connectivity index (χ0v) is 19.7.